The first-order chi connectivity index (χ1) is 7.20. The second-order valence-electron chi connectivity index (χ2n) is 3.74. The summed E-state index contributed by atoms with van der Waals surface area (Å²) in [5, 5.41) is 4.07. The van der Waals surface area contributed by atoms with E-state index in [9.17, 15) is 4.79 Å². The Hall–Kier alpha value is -1.61. The van der Waals surface area contributed by atoms with Crippen LogP contribution in [0.1, 0.15) is 11.1 Å². The van der Waals surface area contributed by atoms with Crippen LogP contribution in [0.3, 0.4) is 0 Å². The minimum absolute atomic E-state index is 0.0132. The van der Waals surface area contributed by atoms with E-state index in [0.29, 0.717) is 6.54 Å². The van der Waals surface area contributed by atoms with Gasteiger partial charge >= 0.3 is 0 Å². The van der Waals surface area contributed by atoms with Crippen LogP contribution in [-0.2, 0) is 6.54 Å². The predicted molar refractivity (Wildman–Crippen MR) is 62.1 cm³/mol. The maximum absolute atomic E-state index is 11.6. The van der Waals surface area contributed by atoms with Crippen LogP contribution in [0, 0.1) is 6.92 Å². The molecule has 0 atom stereocenters. The van der Waals surface area contributed by atoms with Crippen molar-refractivity contribution < 1.29 is 0 Å². The smallest absolute Gasteiger partial charge is 0.252 e. The van der Waals surface area contributed by atoms with E-state index in [1.807, 2.05) is 32.2 Å². The lowest BCUT2D eigenvalue weighted by Gasteiger charge is -2.03. The highest BCUT2D eigenvalue weighted by atomic mass is 16.1. The first kappa shape index (κ1) is 9.93. The first-order valence-electron chi connectivity index (χ1n) is 4.98. The van der Waals surface area contributed by atoms with Crippen molar-refractivity contribution in [2.45, 2.75) is 13.5 Å². The Kier molecular flexibility index (Phi) is 2.56. The third-order valence-electron chi connectivity index (χ3n) is 2.44. The highest BCUT2D eigenvalue weighted by Crippen LogP contribution is 2.12. The predicted octanol–water partition coefficient (Wildman–Crippen LogP) is 1.56. The number of fused-ring (bicyclic) bond motifs is 1. The lowest BCUT2D eigenvalue weighted by molar-refractivity contribution is 0.808. The van der Waals surface area contributed by atoms with Crippen LogP contribution >= 0.6 is 0 Å². The lowest BCUT2D eigenvalue weighted by Crippen LogP contribution is -2.17. The Labute approximate surface area is 88.1 Å². The molecule has 15 heavy (non-hydrogen) atoms. The van der Waals surface area contributed by atoms with Gasteiger partial charge < -0.3 is 10.3 Å². The standard InChI is InChI=1S/C12H14N2O/c1-8-3-4-11-9(5-8)6-10(7-13-2)12(15)14-11/h3-6,13H,7H2,1-2H3,(H,14,15). The van der Waals surface area contributed by atoms with E-state index in [0.717, 1.165) is 16.5 Å². The second kappa shape index (κ2) is 3.87. The van der Waals surface area contributed by atoms with Crippen molar-refractivity contribution in [2.24, 2.45) is 0 Å². The minimum atomic E-state index is -0.0132. The summed E-state index contributed by atoms with van der Waals surface area (Å²) in [6.07, 6.45) is 0. The quantitative estimate of drug-likeness (QED) is 0.776. The molecule has 0 spiro atoms. The fourth-order valence-corrected chi connectivity index (χ4v) is 1.69. The molecule has 1 aromatic heterocycles. The van der Waals surface area contributed by atoms with E-state index in [2.05, 4.69) is 16.4 Å². The molecule has 0 bridgehead atoms. The van der Waals surface area contributed by atoms with Crippen LogP contribution in [-0.4, -0.2) is 12.0 Å². The molecule has 0 saturated carbocycles. The molecule has 0 unspecified atom stereocenters. The number of aromatic amines is 1. The molecule has 78 valence electrons. The molecule has 1 heterocycles. The Bertz CT molecular complexity index is 543. The van der Waals surface area contributed by atoms with Gasteiger partial charge in [-0.3, -0.25) is 4.79 Å². The third kappa shape index (κ3) is 1.92. The number of hydrogen-bond acceptors (Lipinski definition) is 2. The fourth-order valence-electron chi connectivity index (χ4n) is 1.69. The molecular formula is C12H14N2O. The summed E-state index contributed by atoms with van der Waals surface area (Å²) in [5.74, 6) is 0. The van der Waals surface area contributed by atoms with Crippen LogP contribution in [0.5, 0.6) is 0 Å². The first-order valence-corrected chi connectivity index (χ1v) is 4.98. The molecule has 3 heteroatoms. The average molecular weight is 202 g/mol. The van der Waals surface area contributed by atoms with Gasteiger partial charge in [0.05, 0.1) is 0 Å². The van der Waals surface area contributed by atoms with Gasteiger partial charge in [-0.05, 0) is 37.6 Å². The minimum Gasteiger partial charge on any atom is -0.322 e. The van der Waals surface area contributed by atoms with E-state index in [1.165, 1.54) is 5.56 Å². The highest BCUT2D eigenvalue weighted by molar-refractivity contribution is 5.79. The van der Waals surface area contributed by atoms with E-state index in [1.54, 1.807) is 0 Å². The van der Waals surface area contributed by atoms with Crippen LogP contribution in [0.25, 0.3) is 10.9 Å². The van der Waals surface area contributed by atoms with Gasteiger partial charge in [0, 0.05) is 17.6 Å². The molecule has 2 aromatic rings. The molecule has 0 aliphatic heterocycles. The number of nitrogens with one attached hydrogen (secondary N) is 2. The normalized spacial score (nSPS) is 10.8. The van der Waals surface area contributed by atoms with Crippen molar-refractivity contribution in [3.8, 4) is 0 Å². The molecule has 2 rings (SSSR count). The van der Waals surface area contributed by atoms with Crippen LogP contribution in [0.4, 0.5) is 0 Å². The molecule has 0 fully saturated rings. The summed E-state index contributed by atoms with van der Waals surface area (Å²) in [6.45, 7) is 2.64. The largest absolute Gasteiger partial charge is 0.322 e. The van der Waals surface area contributed by atoms with E-state index in [-0.39, 0.29) is 5.56 Å². The molecular weight excluding hydrogens is 188 g/mol. The second-order valence-corrected chi connectivity index (χ2v) is 3.74. The van der Waals surface area contributed by atoms with Gasteiger partial charge in [0.2, 0.25) is 0 Å². The van der Waals surface area contributed by atoms with Crippen molar-refractivity contribution in [3.05, 3.63) is 45.7 Å². The maximum Gasteiger partial charge on any atom is 0.252 e. The van der Waals surface area contributed by atoms with E-state index < -0.39 is 0 Å². The molecule has 0 radical (unpaired) electrons. The van der Waals surface area contributed by atoms with Crippen molar-refractivity contribution in [3.63, 3.8) is 0 Å². The zero-order valence-corrected chi connectivity index (χ0v) is 8.92. The molecule has 3 nitrogen and oxygen atoms in total. The molecule has 0 aliphatic carbocycles. The fraction of sp³-hybridized carbons (Fsp3) is 0.250. The van der Waals surface area contributed by atoms with Gasteiger partial charge in [-0.2, -0.15) is 0 Å². The molecule has 0 aliphatic rings. The van der Waals surface area contributed by atoms with E-state index in [4.69, 9.17) is 0 Å². The molecule has 1 aromatic carbocycles. The Morgan fingerprint density at radius 1 is 1.33 bits per heavy atom. The SMILES string of the molecule is CNCc1cc2cc(C)ccc2[nH]c1=O. The van der Waals surface area contributed by atoms with Gasteiger partial charge in [0.25, 0.3) is 5.56 Å². The number of aryl methyl sites for hydroxylation is 1. The number of benzene rings is 1. The van der Waals surface area contributed by atoms with Crippen molar-refractivity contribution >= 4 is 10.9 Å². The van der Waals surface area contributed by atoms with Crippen LogP contribution in [0.2, 0.25) is 0 Å². The number of aromatic nitrogens is 1. The van der Waals surface area contributed by atoms with Crippen molar-refractivity contribution in [2.75, 3.05) is 7.05 Å². The molecule has 0 saturated heterocycles. The summed E-state index contributed by atoms with van der Waals surface area (Å²) >= 11 is 0. The van der Waals surface area contributed by atoms with Gasteiger partial charge in [0.15, 0.2) is 0 Å². The summed E-state index contributed by atoms with van der Waals surface area (Å²) < 4.78 is 0. The number of rotatable bonds is 2. The summed E-state index contributed by atoms with van der Waals surface area (Å²) in [4.78, 5) is 14.5. The maximum atomic E-state index is 11.6. The summed E-state index contributed by atoms with van der Waals surface area (Å²) in [7, 11) is 1.83. The Morgan fingerprint density at radius 3 is 2.87 bits per heavy atom. The monoisotopic (exact) mass is 202 g/mol. The van der Waals surface area contributed by atoms with Gasteiger partial charge in [-0.25, -0.2) is 0 Å². The molecule has 0 amide bonds. The van der Waals surface area contributed by atoms with Crippen molar-refractivity contribution in [1.82, 2.24) is 10.3 Å². The number of pyridine rings is 1. The summed E-state index contributed by atoms with van der Waals surface area (Å²) in [5.41, 5.74) is 2.85. The lowest BCUT2D eigenvalue weighted by atomic mass is 10.1. The average Bonchev–Trinajstić information content (AvgIpc) is 2.20. The van der Waals surface area contributed by atoms with Crippen LogP contribution in [0.15, 0.2) is 29.1 Å². The topological polar surface area (TPSA) is 44.9 Å². The van der Waals surface area contributed by atoms with Gasteiger partial charge in [-0.15, -0.1) is 0 Å². The molecule has 2 N–H and O–H groups in total. The van der Waals surface area contributed by atoms with Gasteiger partial charge in [0.1, 0.15) is 0 Å². The zero-order chi connectivity index (χ0) is 10.8. The summed E-state index contributed by atoms with van der Waals surface area (Å²) in [6, 6.07) is 7.95. The Morgan fingerprint density at radius 2 is 2.13 bits per heavy atom. The zero-order valence-electron chi connectivity index (χ0n) is 8.92. The Balaban J connectivity index is 2.66. The number of H-pyrrole nitrogens is 1. The third-order valence-corrected chi connectivity index (χ3v) is 2.44. The van der Waals surface area contributed by atoms with E-state index >= 15 is 0 Å². The van der Waals surface area contributed by atoms with Crippen molar-refractivity contribution in [1.29, 1.82) is 0 Å². The highest BCUT2D eigenvalue weighted by Gasteiger charge is 2.01. The van der Waals surface area contributed by atoms with Crippen LogP contribution < -0.4 is 10.9 Å². The van der Waals surface area contributed by atoms with Gasteiger partial charge in [-0.1, -0.05) is 11.6 Å². The number of hydrogen-bond donors (Lipinski definition) is 2.